The SMILES string of the molecule is CC(C)=CCCC(C)=CCCC(C)=CCS/C=C\C(=O)O. The Kier molecular flexibility index (Phi) is 11.8. The molecule has 0 aromatic rings. The van der Waals surface area contributed by atoms with Gasteiger partial charge >= 0.3 is 5.97 Å². The number of carboxylic acid groups (broad SMARTS) is 1. The molecule has 0 aliphatic rings. The highest BCUT2D eigenvalue weighted by atomic mass is 32.2. The third-order valence-electron chi connectivity index (χ3n) is 2.96. The van der Waals surface area contributed by atoms with Crippen LogP contribution in [0.3, 0.4) is 0 Å². The first-order valence-electron chi connectivity index (χ1n) is 7.37. The molecule has 0 aliphatic carbocycles. The zero-order valence-electron chi connectivity index (χ0n) is 13.7. The monoisotopic (exact) mass is 308 g/mol. The van der Waals surface area contributed by atoms with E-state index in [0.717, 1.165) is 31.4 Å². The Labute approximate surface area is 133 Å². The summed E-state index contributed by atoms with van der Waals surface area (Å²) in [5.74, 6) is -0.0595. The second kappa shape index (κ2) is 12.5. The van der Waals surface area contributed by atoms with Crippen molar-refractivity contribution in [2.75, 3.05) is 5.75 Å². The fourth-order valence-corrected chi connectivity index (χ4v) is 2.40. The molecule has 118 valence electrons. The molecule has 21 heavy (non-hydrogen) atoms. The lowest BCUT2D eigenvalue weighted by molar-refractivity contribution is -0.131. The van der Waals surface area contributed by atoms with Crippen molar-refractivity contribution in [3.8, 4) is 0 Å². The number of hydrogen-bond donors (Lipinski definition) is 1. The van der Waals surface area contributed by atoms with Gasteiger partial charge in [0.05, 0.1) is 0 Å². The van der Waals surface area contributed by atoms with Crippen LogP contribution < -0.4 is 0 Å². The van der Waals surface area contributed by atoms with Crippen LogP contribution in [0, 0.1) is 0 Å². The van der Waals surface area contributed by atoms with E-state index >= 15 is 0 Å². The molecule has 0 radical (unpaired) electrons. The van der Waals surface area contributed by atoms with E-state index in [2.05, 4.69) is 45.9 Å². The summed E-state index contributed by atoms with van der Waals surface area (Å²) in [6.07, 6.45) is 12.4. The van der Waals surface area contributed by atoms with E-state index in [4.69, 9.17) is 5.11 Å². The average Bonchev–Trinajstić information content (AvgIpc) is 2.37. The summed E-state index contributed by atoms with van der Waals surface area (Å²) in [5.41, 5.74) is 4.20. The average molecular weight is 308 g/mol. The first-order valence-corrected chi connectivity index (χ1v) is 8.42. The molecule has 1 N–H and O–H groups in total. The summed E-state index contributed by atoms with van der Waals surface area (Å²) in [7, 11) is 0. The lowest BCUT2D eigenvalue weighted by atomic mass is 10.1. The van der Waals surface area contributed by atoms with Crippen molar-refractivity contribution in [3.05, 3.63) is 46.4 Å². The normalized spacial score (nSPS) is 12.8. The number of hydrogen-bond acceptors (Lipinski definition) is 2. The van der Waals surface area contributed by atoms with Gasteiger partial charge in [-0.1, -0.05) is 34.9 Å². The fourth-order valence-electron chi connectivity index (χ4n) is 1.69. The van der Waals surface area contributed by atoms with Crippen molar-refractivity contribution in [2.24, 2.45) is 0 Å². The highest BCUT2D eigenvalue weighted by molar-refractivity contribution is 8.02. The van der Waals surface area contributed by atoms with Crippen LogP contribution in [0.4, 0.5) is 0 Å². The van der Waals surface area contributed by atoms with E-state index < -0.39 is 5.97 Å². The van der Waals surface area contributed by atoms with Gasteiger partial charge < -0.3 is 5.11 Å². The maximum atomic E-state index is 10.3. The zero-order valence-corrected chi connectivity index (χ0v) is 14.5. The number of aliphatic carboxylic acids is 1. The van der Waals surface area contributed by atoms with Crippen LogP contribution in [0.5, 0.6) is 0 Å². The number of carboxylic acids is 1. The van der Waals surface area contributed by atoms with Crippen LogP contribution in [-0.2, 0) is 4.79 Å². The van der Waals surface area contributed by atoms with Gasteiger partial charge in [-0.2, -0.15) is 0 Å². The van der Waals surface area contributed by atoms with E-state index in [1.165, 1.54) is 34.6 Å². The Bertz CT molecular complexity index is 424. The fraction of sp³-hybridized carbons (Fsp3) is 0.500. The molecule has 0 aliphatic heterocycles. The Morgan fingerprint density at radius 1 is 0.952 bits per heavy atom. The maximum Gasteiger partial charge on any atom is 0.328 e. The van der Waals surface area contributed by atoms with Gasteiger partial charge in [-0.25, -0.2) is 4.79 Å². The summed E-state index contributed by atoms with van der Waals surface area (Å²) >= 11 is 1.50. The van der Waals surface area contributed by atoms with E-state index in [1.807, 2.05) is 0 Å². The van der Waals surface area contributed by atoms with Gasteiger partial charge in [0.25, 0.3) is 0 Å². The highest BCUT2D eigenvalue weighted by Gasteiger charge is 1.92. The molecule has 0 rings (SSSR count). The summed E-state index contributed by atoms with van der Waals surface area (Å²) in [6.45, 7) is 8.60. The minimum Gasteiger partial charge on any atom is -0.478 e. The molecule has 0 saturated heterocycles. The minimum atomic E-state index is -0.892. The molecule has 0 amide bonds. The van der Waals surface area contributed by atoms with Crippen LogP contribution in [0.25, 0.3) is 0 Å². The van der Waals surface area contributed by atoms with Crippen LogP contribution in [0.2, 0.25) is 0 Å². The van der Waals surface area contributed by atoms with Crippen LogP contribution >= 0.6 is 11.8 Å². The third-order valence-corrected chi connectivity index (χ3v) is 3.65. The smallest absolute Gasteiger partial charge is 0.328 e. The molecule has 3 heteroatoms. The van der Waals surface area contributed by atoms with Crippen molar-refractivity contribution in [1.82, 2.24) is 0 Å². The molecule has 0 aromatic carbocycles. The van der Waals surface area contributed by atoms with Crippen molar-refractivity contribution in [3.63, 3.8) is 0 Å². The van der Waals surface area contributed by atoms with E-state index in [1.54, 1.807) is 5.41 Å². The summed E-state index contributed by atoms with van der Waals surface area (Å²) < 4.78 is 0. The number of thioether (sulfide) groups is 1. The molecule has 0 unspecified atom stereocenters. The molecular formula is C18H28O2S. The minimum absolute atomic E-state index is 0.832. The van der Waals surface area contributed by atoms with Gasteiger partial charge in [0.1, 0.15) is 0 Å². The molecule has 2 nitrogen and oxygen atoms in total. The molecular weight excluding hydrogens is 280 g/mol. The highest BCUT2D eigenvalue weighted by Crippen LogP contribution is 2.12. The topological polar surface area (TPSA) is 37.3 Å². The van der Waals surface area contributed by atoms with E-state index in [9.17, 15) is 4.79 Å². The molecule has 0 fully saturated rings. The first kappa shape index (κ1) is 19.8. The predicted octanol–water partition coefficient (Wildman–Crippen LogP) is 5.74. The predicted molar refractivity (Wildman–Crippen MR) is 94.6 cm³/mol. The number of rotatable bonds is 10. The van der Waals surface area contributed by atoms with E-state index in [0.29, 0.717) is 0 Å². The summed E-state index contributed by atoms with van der Waals surface area (Å²) in [6, 6.07) is 0. The van der Waals surface area contributed by atoms with Gasteiger partial charge in [-0.15, -0.1) is 11.8 Å². The Morgan fingerprint density at radius 3 is 2.10 bits per heavy atom. The molecule has 0 atom stereocenters. The lowest BCUT2D eigenvalue weighted by Gasteiger charge is -2.01. The molecule has 0 heterocycles. The summed E-state index contributed by atoms with van der Waals surface area (Å²) in [5, 5.41) is 10.1. The first-order chi connectivity index (χ1) is 9.91. The quantitative estimate of drug-likeness (QED) is 0.318. The second-order valence-corrected chi connectivity index (χ2v) is 6.37. The molecule has 0 aromatic heterocycles. The van der Waals surface area contributed by atoms with Crippen molar-refractivity contribution >= 4 is 17.7 Å². The van der Waals surface area contributed by atoms with Gasteiger partial charge in [-0.3, -0.25) is 0 Å². The Hall–Kier alpha value is -1.22. The number of allylic oxidation sites excluding steroid dienone is 5. The standard InChI is InChI=1S/C18H28O2S/c1-15(2)7-5-8-16(3)9-6-10-17(4)11-13-21-14-12-18(19)20/h7,9,11-12,14H,5-6,8,10,13H2,1-4H3,(H,19,20)/b14-12-,16-9?,17-11?. The van der Waals surface area contributed by atoms with Gasteiger partial charge in [0.15, 0.2) is 0 Å². The lowest BCUT2D eigenvalue weighted by Crippen LogP contribution is -1.84. The van der Waals surface area contributed by atoms with Gasteiger partial charge in [0, 0.05) is 11.8 Å². The largest absolute Gasteiger partial charge is 0.478 e. The molecule has 0 saturated carbocycles. The summed E-state index contributed by atoms with van der Waals surface area (Å²) in [4.78, 5) is 10.3. The van der Waals surface area contributed by atoms with Crippen molar-refractivity contribution in [1.29, 1.82) is 0 Å². The Balaban J connectivity index is 3.88. The second-order valence-electron chi connectivity index (χ2n) is 5.43. The van der Waals surface area contributed by atoms with Gasteiger partial charge in [-0.05, 0) is 58.8 Å². The molecule has 0 spiro atoms. The number of carbonyl (C=O) groups is 1. The van der Waals surface area contributed by atoms with E-state index in [-0.39, 0.29) is 0 Å². The Morgan fingerprint density at radius 2 is 1.52 bits per heavy atom. The zero-order chi connectivity index (χ0) is 16.1. The van der Waals surface area contributed by atoms with Crippen LogP contribution in [0.15, 0.2) is 46.4 Å². The van der Waals surface area contributed by atoms with Crippen LogP contribution in [0.1, 0.15) is 53.4 Å². The molecule has 0 bridgehead atoms. The van der Waals surface area contributed by atoms with Crippen LogP contribution in [-0.4, -0.2) is 16.8 Å². The van der Waals surface area contributed by atoms with Crippen molar-refractivity contribution < 1.29 is 9.90 Å². The maximum absolute atomic E-state index is 10.3. The van der Waals surface area contributed by atoms with Gasteiger partial charge in [0.2, 0.25) is 0 Å². The third kappa shape index (κ3) is 15.0. The van der Waals surface area contributed by atoms with Crippen molar-refractivity contribution in [2.45, 2.75) is 53.4 Å².